The second kappa shape index (κ2) is 7.99. The monoisotopic (exact) mass is 332 g/mol. The first-order chi connectivity index (χ1) is 11.6. The van der Waals surface area contributed by atoms with Crippen molar-refractivity contribution in [1.82, 2.24) is 5.32 Å². The third-order valence-corrected chi connectivity index (χ3v) is 4.92. The summed E-state index contributed by atoms with van der Waals surface area (Å²) in [5.74, 6) is 1.70. The van der Waals surface area contributed by atoms with Gasteiger partial charge in [0.1, 0.15) is 5.75 Å². The molecule has 1 saturated heterocycles. The normalized spacial score (nSPS) is 19.8. The van der Waals surface area contributed by atoms with Gasteiger partial charge in [-0.3, -0.25) is 4.79 Å². The molecule has 5 heteroatoms. The highest BCUT2D eigenvalue weighted by atomic mass is 16.5. The average molecular weight is 332 g/mol. The fourth-order valence-corrected chi connectivity index (χ4v) is 3.02. The summed E-state index contributed by atoms with van der Waals surface area (Å²) in [7, 11) is 0. The van der Waals surface area contributed by atoms with Crippen molar-refractivity contribution in [3.05, 3.63) is 29.3 Å². The van der Waals surface area contributed by atoms with E-state index in [4.69, 9.17) is 15.2 Å². The molecule has 5 nitrogen and oxygen atoms in total. The van der Waals surface area contributed by atoms with Gasteiger partial charge in [0.05, 0.1) is 12.6 Å². The van der Waals surface area contributed by atoms with Crippen LogP contribution in [0.1, 0.15) is 36.8 Å². The number of ether oxygens (including phenoxy) is 2. The lowest BCUT2D eigenvalue weighted by molar-refractivity contribution is -0.124. The molecule has 3 N–H and O–H groups in total. The number of hydrogen-bond acceptors (Lipinski definition) is 4. The lowest BCUT2D eigenvalue weighted by Crippen LogP contribution is -2.46. The van der Waals surface area contributed by atoms with E-state index in [1.807, 2.05) is 25.1 Å². The first-order valence-corrected chi connectivity index (χ1v) is 8.97. The Morgan fingerprint density at radius 1 is 1.33 bits per heavy atom. The number of benzene rings is 1. The first-order valence-electron chi connectivity index (χ1n) is 8.97. The Bertz CT molecular complexity index is 566. The number of carbonyl (C=O) groups is 1. The maximum atomic E-state index is 12.4. The molecule has 1 aliphatic carbocycles. The van der Waals surface area contributed by atoms with Crippen LogP contribution in [-0.4, -0.2) is 31.8 Å². The standard InChI is InChI=1S/C19H28N2O3/c1-13-2-5-16(17(10-13)24-12-14-3-4-14)11-21-19(22)18(20)15-6-8-23-9-7-15/h2,5,10,14-15,18H,3-4,6-9,11-12,20H2,1H3,(H,21,22). The summed E-state index contributed by atoms with van der Waals surface area (Å²) >= 11 is 0. The summed E-state index contributed by atoms with van der Waals surface area (Å²) in [5.41, 5.74) is 8.30. The van der Waals surface area contributed by atoms with Crippen molar-refractivity contribution in [2.75, 3.05) is 19.8 Å². The number of amides is 1. The van der Waals surface area contributed by atoms with Crippen LogP contribution in [0.3, 0.4) is 0 Å². The Hall–Kier alpha value is -1.59. The van der Waals surface area contributed by atoms with Gasteiger partial charge in [0.25, 0.3) is 0 Å². The van der Waals surface area contributed by atoms with Gasteiger partial charge >= 0.3 is 0 Å². The topological polar surface area (TPSA) is 73.6 Å². The van der Waals surface area contributed by atoms with E-state index in [0.717, 1.165) is 36.3 Å². The quantitative estimate of drug-likeness (QED) is 0.802. The highest BCUT2D eigenvalue weighted by Crippen LogP contribution is 2.30. The second-order valence-electron chi connectivity index (χ2n) is 7.06. The molecule has 132 valence electrons. The molecule has 0 bridgehead atoms. The van der Waals surface area contributed by atoms with Gasteiger partial charge in [-0.1, -0.05) is 12.1 Å². The van der Waals surface area contributed by atoms with E-state index in [1.54, 1.807) is 0 Å². The molecule has 1 aliphatic heterocycles. The third kappa shape index (κ3) is 4.71. The molecule has 0 radical (unpaired) electrons. The van der Waals surface area contributed by atoms with Crippen molar-refractivity contribution < 1.29 is 14.3 Å². The number of carbonyl (C=O) groups excluding carboxylic acids is 1. The molecule has 2 fully saturated rings. The summed E-state index contributed by atoms with van der Waals surface area (Å²) in [4.78, 5) is 12.4. The molecule has 1 aromatic carbocycles. The molecule has 1 heterocycles. The van der Waals surface area contributed by atoms with E-state index in [2.05, 4.69) is 5.32 Å². The zero-order valence-corrected chi connectivity index (χ0v) is 14.4. The SMILES string of the molecule is Cc1ccc(CNC(=O)C(N)C2CCOCC2)c(OCC2CC2)c1. The summed E-state index contributed by atoms with van der Waals surface area (Å²) in [5, 5.41) is 2.97. The molecule has 1 unspecified atom stereocenters. The molecule has 1 amide bonds. The van der Waals surface area contributed by atoms with Crippen molar-refractivity contribution in [3.8, 4) is 5.75 Å². The summed E-state index contributed by atoms with van der Waals surface area (Å²) in [6.07, 6.45) is 4.24. The first kappa shape index (κ1) is 17.2. The summed E-state index contributed by atoms with van der Waals surface area (Å²) in [6, 6.07) is 5.65. The highest BCUT2D eigenvalue weighted by molar-refractivity contribution is 5.81. The molecule has 2 aliphatic rings. The molecular weight excluding hydrogens is 304 g/mol. The van der Waals surface area contributed by atoms with E-state index >= 15 is 0 Å². The van der Waals surface area contributed by atoms with Gasteiger partial charge in [0.2, 0.25) is 5.91 Å². The maximum absolute atomic E-state index is 12.4. The van der Waals surface area contributed by atoms with Gasteiger partial charge in [-0.05, 0) is 56.1 Å². The zero-order chi connectivity index (χ0) is 16.9. The van der Waals surface area contributed by atoms with Gasteiger partial charge in [0, 0.05) is 25.3 Å². The predicted molar refractivity (Wildman–Crippen MR) is 92.8 cm³/mol. The van der Waals surface area contributed by atoms with E-state index in [9.17, 15) is 4.79 Å². The molecule has 3 rings (SSSR count). The van der Waals surface area contributed by atoms with Crippen molar-refractivity contribution in [3.63, 3.8) is 0 Å². The lowest BCUT2D eigenvalue weighted by Gasteiger charge is -2.26. The lowest BCUT2D eigenvalue weighted by atomic mass is 9.92. The van der Waals surface area contributed by atoms with Crippen molar-refractivity contribution in [1.29, 1.82) is 0 Å². The van der Waals surface area contributed by atoms with Crippen LogP contribution in [0.25, 0.3) is 0 Å². The smallest absolute Gasteiger partial charge is 0.237 e. The van der Waals surface area contributed by atoms with Crippen molar-refractivity contribution >= 4 is 5.91 Å². The van der Waals surface area contributed by atoms with Crippen LogP contribution in [0.5, 0.6) is 5.75 Å². The van der Waals surface area contributed by atoms with Gasteiger partial charge in [-0.25, -0.2) is 0 Å². The Labute approximate surface area is 143 Å². The number of nitrogens with two attached hydrogens (primary N) is 1. The average Bonchev–Trinajstić information content (AvgIpc) is 3.43. The fraction of sp³-hybridized carbons (Fsp3) is 0.632. The van der Waals surface area contributed by atoms with Crippen molar-refractivity contribution in [2.45, 2.75) is 45.2 Å². The Balaban J connectivity index is 1.55. The minimum absolute atomic E-state index is 0.0874. The Kier molecular flexibility index (Phi) is 5.74. The number of hydrogen-bond donors (Lipinski definition) is 2. The van der Waals surface area contributed by atoms with Gasteiger partial charge in [-0.2, -0.15) is 0 Å². The highest BCUT2D eigenvalue weighted by Gasteiger charge is 2.26. The molecule has 24 heavy (non-hydrogen) atoms. The summed E-state index contributed by atoms with van der Waals surface area (Å²) in [6.45, 7) is 4.67. The third-order valence-electron chi connectivity index (χ3n) is 4.92. The fourth-order valence-electron chi connectivity index (χ4n) is 3.02. The molecule has 0 aromatic heterocycles. The van der Waals surface area contributed by atoms with Crippen LogP contribution in [0.15, 0.2) is 18.2 Å². The molecular formula is C19H28N2O3. The van der Waals surface area contributed by atoms with Gasteiger partial charge in [0.15, 0.2) is 0 Å². The molecule has 1 atom stereocenters. The Morgan fingerprint density at radius 3 is 2.79 bits per heavy atom. The molecule has 0 spiro atoms. The van der Waals surface area contributed by atoms with E-state index in [1.165, 1.54) is 12.8 Å². The minimum atomic E-state index is -0.463. The van der Waals surface area contributed by atoms with Crippen LogP contribution in [0, 0.1) is 18.8 Å². The number of rotatable bonds is 7. The molecule has 1 saturated carbocycles. The maximum Gasteiger partial charge on any atom is 0.237 e. The van der Waals surface area contributed by atoms with E-state index < -0.39 is 6.04 Å². The number of nitrogens with one attached hydrogen (secondary N) is 1. The van der Waals surface area contributed by atoms with Crippen LogP contribution in [0.4, 0.5) is 0 Å². The van der Waals surface area contributed by atoms with E-state index in [-0.39, 0.29) is 11.8 Å². The largest absolute Gasteiger partial charge is 0.493 e. The van der Waals surface area contributed by atoms with Crippen LogP contribution in [0.2, 0.25) is 0 Å². The minimum Gasteiger partial charge on any atom is -0.493 e. The zero-order valence-electron chi connectivity index (χ0n) is 14.4. The van der Waals surface area contributed by atoms with Crippen LogP contribution >= 0.6 is 0 Å². The predicted octanol–water partition coefficient (Wildman–Crippen LogP) is 2.15. The van der Waals surface area contributed by atoms with E-state index in [0.29, 0.717) is 25.7 Å². The summed E-state index contributed by atoms with van der Waals surface area (Å²) < 4.78 is 11.3. The van der Waals surface area contributed by atoms with Gasteiger partial charge in [-0.15, -0.1) is 0 Å². The van der Waals surface area contributed by atoms with Crippen LogP contribution < -0.4 is 15.8 Å². The molecule has 1 aromatic rings. The number of aryl methyl sites for hydroxylation is 1. The Morgan fingerprint density at radius 2 is 2.08 bits per heavy atom. The van der Waals surface area contributed by atoms with Crippen molar-refractivity contribution in [2.24, 2.45) is 17.6 Å². The van der Waals surface area contributed by atoms with Gasteiger partial charge < -0.3 is 20.5 Å². The van der Waals surface area contributed by atoms with Crippen LogP contribution in [-0.2, 0) is 16.1 Å². The second-order valence-corrected chi connectivity index (χ2v) is 7.06.